The Morgan fingerprint density at radius 3 is 2.62 bits per heavy atom. The highest BCUT2D eigenvalue weighted by Gasteiger charge is 2.17. The fraction of sp³-hybridized carbons (Fsp3) is 0.231. The number of carbonyl (C=O) groups is 1. The Labute approximate surface area is 119 Å². The maximum Gasteiger partial charge on any atom is 0.381 e. The van der Waals surface area contributed by atoms with Gasteiger partial charge in [0.1, 0.15) is 18.6 Å². The molecule has 0 saturated carbocycles. The van der Waals surface area contributed by atoms with Gasteiger partial charge in [0.15, 0.2) is 0 Å². The Morgan fingerprint density at radius 1 is 1.43 bits per heavy atom. The number of hydrogen-bond acceptors (Lipinski definition) is 4. The summed E-state index contributed by atoms with van der Waals surface area (Å²) in [5.41, 5.74) is 0.568. The minimum Gasteiger partial charge on any atom is -0.358 e. The number of likely N-dealkylation sites (N-methyl/N-ethyl adjacent to an activating group) is 1. The Morgan fingerprint density at radius 2 is 2.10 bits per heavy atom. The third-order valence-electron chi connectivity index (χ3n) is 2.88. The van der Waals surface area contributed by atoms with Gasteiger partial charge in [-0.25, -0.2) is 4.39 Å². The molecule has 21 heavy (non-hydrogen) atoms. The normalized spacial score (nSPS) is 10.4. The van der Waals surface area contributed by atoms with E-state index in [1.54, 1.807) is 6.92 Å². The first kappa shape index (κ1) is 14.6. The standard InChI is InChI=1S/C13H13FN4O3/c1-2-17(11-5-3-10(14)4-6-11)13(19)8-16-7-12(15-9-16)18(20)21/h3-7,9H,2,8H2,1H3. The van der Waals surface area contributed by atoms with Gasteiger partial charge in [0.05, 0.1) is 0 Å². The zero-order valence-corrected chi connectivity index (χ0v) is 11.3. The van der Waals surface area contributed by atoms with E-state index in [0.717, 1.165) is 0 Å². The molecule has 2 rings (SSSR count). The van der Waals surface area contributed by atoms with Gasteiger partial charge in [0.2, 0.25) is 12.2 Å². The number of rotatable bonds is 5. The second-order valence-corrected chi connectivity index (χ2v) is 4.28. The second kappa shape index (κ2) is 6.12. The monoisotopic (exact) mass is 292 g/mol. The number of halogens is 1. The number of imidazole rings is 1. The Kier molecular flexibility index (Phi) is 4.27. The highest BCUT2D eigenvalue weighted by molar-refractivity contribution is 5.93. The summed E-state index contributed by atoms with van der Waals surface area (Å²) in [4.78, 5) is 27.2. The van der Waals surface area contributed by atoms with E-state index in [9.17, 15) is 19.3 Å². The Balaban J connectivity index is 2.12. The highest BCUT2D eigenvalue weighted by Crippen LogP contribution is 2.15. The van der Waals surface area contributed by atoms with Gasteiger partial charge in [-0.05, 0) is 41.1 Å². The average Bonchev–Trinajstić information content (AvgIpc) is 2.90. The van der Waals surface area contributed by atoms with Crippen LogP contribution in [0.3, 0.4) is 0 Å². The summed E-state index contributed by atoms with van der Waals surface area (Å²) in [5.74, 6) is -0.962. The van der Waals surface area contributed by atoms with Crippen LogP contribution in [0.25, 0.3) is 0 Å². The molecule has 0 radical (unpaired) electrons. The van der Waals surface area contributed by atoms with E-state index in [4.69, 9.17) is 0 Å². The molecule has 7 nitrogen and oxygen atoms in total. The Bertz CT molecular complexity index is 654. The van der Waals surface area contributed by atoms with E-state index in [1.807, 2.05) is 0 Å². The van der Waals surface area contributed by atoms with E-state index in [2.05, 4.69) is 4.98 Å². The van der Waals surface area contributed by atoms with Crippen LogP contribution in [0.1, 0.15) is 6.92 Å². The van der Waals surface area contributed by atoms with Gasteiger partial charge < -0.3 is 19.6 Å². The molecule has 0 saturated heterocycles. The third kappa shape index (κ3) is 3.41. The zero-order chi connectivity index (χ0) is 15.4. The van der Waals surface area contributed by atoms with Crippen molar-refractivity contribution in [1.29, 1.82) is 0 Å². The van der Waals surface area contributed by atoms with Crippen molar-refractivity contribution >= 4 is 17.4 Å². The first-order chi connectivity index (χ1) is 10.0. The maximum atomic E-state index is 12.9. The van der Waals surface area contributed by atoms with Gasteiger partial charge in [-0.3, -0.25) is 4.79 Å². The predicted molar refractivity (Wildman–Crippen MR) is 73.3 cm³/mol. The number of aromatic nitrogens is 2. The van der Waals surface area contributed by atoms with Crippen molar-refractivity contribution in [3.05, 3.63) is 52.7 Å². The molecule has 0 spiro atoms. The third-order valence-corrected chi connectivity index (χ3v) is 2.88. The molecular weight excluding hydrogens is 279 g/mol. The van der Waals surface area contributed by atoms with Crippen molar-refractivity contribution in [3.8, 4) is 0 Å². The lowest BCUT2D eigenvalue weighted by molar-refractivity contribution is -0.389. The van der Waals surface area contributed by atoms with Crippen LogP contribution >= 0.6 is 0 Å². The minimum absolute atomic E-state index is 0.0773. The number of anilines is 1. The number of hydrogen-bond donors (Lipinski definition) is 0. The zero-order valence-electron chi connectivity index (χ0n) is 11.3. The van der Waals surface area contributed by atoms with Crippen LogP contribution in [0.2, 0.25) is 0 Å². The molecule has 1 aromatic heterocycles. The van der Waals surface area contributed by atoms with Crippen molar-refractivity contribution in [2.24, 2.45) is 0 Å². The van der Waals surface area contributed by atoms with Crippen LogP contribution in [-0.4, -0.2) is 26.9 Å². The minimum atomic E-state index is -0.626. The molecule has 0 aliphatic heterocycles. The highest BCUT2D eigenvalue weighted by atomic mass is 19.1. The molecule has 8 heteroatoms. The summed E-state index contributed by atoms with van der Waals surface area (Å²) in [6.45, 7) is 2.12. The molecule has 0 aliphatic rings. The van der Waals surface area contributed by atoms with Crippen molar-refractivity contribution < 1.29 is 14.1 Å². The van der Waals surface area contributed by atoms with Crippen molar-refractivity contribution in [2.75, 3.05) is 11.4 Å². The van der Waals surface area contributed by atoms with Crippen LogP contribution in [-0.2, 0) is 11.3 Å². The molecule has 0 unspecified atom stereocenters. The second-order valence-electron chi connectivity index (χ2n) is 4.28. The molecular formula is C13H13FN4O3. The van der Waals surface area contributed by atoms with Gasteiger partial charge >= 0.3 is 5.82 Å². The van der Waals surface area contributed by atoms with E-state index in [-0.39, 0.29) is 24.1 Å². The number of nitrogens with zero attached hydrogens (tertiary/aromatic N) is 4. The van der Waals surface area contributed by atoms with Crippen LogP contribution in [0.5, 0.6) is 0 Å². The van der Waals surface area contributed by atoms with Crippen molar-refractivity contribution in [3.63, 3.8) is 0 Å². The van der Waals surface area contributed by atoms with Crippen molar-refractivity contribution in [2.45, 2.75) is 13.5 Å². The van der Waals surface area contributed by atoms with Crippen LogP contribution in [0, 0.1) is 15.9 Å². The summed E-state index contributed by atoms with van der Waals surface area (Å²) < 4.78 is 14.2. The van der Waals surface area contributed by atoms with E-state index in [0.29, 0.717) is 12.2 Å². The lowest BCUT2D eigenvalue weighted by Crippen LogP contribution is -2.33. The first-order valence-corrected chi connectivity index (χ1v) is 6.23. The molecule has 110 valence electrons. The molecule has 1 aromatic carbocycles. The maximum absolute atomic E-state index is 12.9. The molecule has 0 fully saturated rings. The lowest BCUT2D eigenvalue weighted by Gasteiger charge is -2.21. The van der Waals surface area contributed by atoms with E-state index in [1.165, 1.54) is 46.3 Å². The molecule has 0 aliphatic carbocycles. The van der Waals surface area contributed by atoms with E-state index >= 15 is 0 Å². The fourth-order valence-electron chi connectivity index (χ4n) is 1.89. The predicted octanol–water partition coefficient (Wildman–Crippen LogP) is 1.98. The molecule has 2 aromatic rings. The average molecular weight is 292 g/mol. The Hall–Kier alpha value is -2.77. The topological polar surface area (TPSA) is 81.3 Å². The largest absolute Gasteiger partial charge is 0.381 e. The molecule has 1 amide bonds. The summed E-state index contributed by atoms with van der Waals surface area (Å²) in [6, 6.07) is 5.56. The molecule has 1 heterocycles. The number of benzene rings is 1. The van der Waals surface area contributed by atoms with Crippen molar-refractivity contribution in [1.82, 2.24) is 9.55 Å². The molecule has 0 N–H and O–H groups in total. The fourth-order valence-corrected chi connectivity index (χ4v) is 1.89. The van der Waals surface area contributed by atoms with Gasteiger partial charge in [0.25, 0.3) is 0 Å². The van der Waals surface area contributed by atoms with Gasteiger partial charge in [-0.15, -0.1) is 0 Å². The van der Waals surface area contributed by atoms with Gasteiger partial charge in [0, 0.05) is 12.2 Å². The number of amides is 1. The summed E-state index contributed by atoms with van der Waals surface area (Å²) in [5, 5.41) is 10.5. The summed E-state index contributed by atoms with van der Waals surface area (Å²) in [7, 11) is 0. The van der Waals surface area contributed by atoms with Crippen LogP contribution in [0.15, 0.2) is 36.8 Å². The summed E-state index contributed by atoms with van der Waals surface area (Å²) in [6.07, 6.45) is 2.42. The molecule has 0 bridgehead atoms. The smallest absolute Gasteiger partial charge is 0.358 e. The van der Waals surface area contributed by atoms with Gasteiger partial charge in [-0.1, -0.05) is 0 Å². The quantitative estimate of drug-likeness (QED) is 0.623. The number of carbonyl (C=O) groups excluding carboxylic acids is 1. The SMILES string of the molecule is CCN(C(=O)Cn1cnc([N+](=O)[O-])c1)c1ccc(F)cc1. The molecule has 0 atom stereocenters. The van der Waals surface area contributed by atoms with Crippen LogP contribution < -0.4 is 4.90 Å². The van der Waals surface area contributed by atoms with Gasteiger partial charge in [-0.2, -0.15) is 0 Å². The number of nitro groups is 1. The summed E-state index contributed by atoms with van der Waals surface area (Å²) >= 11 is 0. The first-order valence-electron chi connectivity index (χ1n) is 6.23. The van der Waals surface area contributed by atoms with Crippen LogP contribution in [0.4, 0.5) is 15.9 Å². The lowest BCUT2D eigenvalue weighted by atomic mass is 10.2. The van der Waals surface area contributed by atoms with E-state index < -0.39 is 4.92 Å².